The number of nitrogens with one attached hydrogen (secondary N) is 1. The van der Waals surface area contributed by atoms with Crippen LogP contribution >= 0.6 is 11.8 Å². The van der Waals surface area contributed by atoms with Gasteiger partial charge in [-0.3, -0.25) is 0 Å². The Morgan fingerprint density at radius 1 is 1.23 bits per heavy atom. The van der Waals surface area contributed by atoms with Crippen LogP contribution in [-0.2, 0) is 0 Å². The van der Waals surface area contributed by atoms with Gasteiger partial charge in [-0.25, -0.2) is 0 Å². The molecule has 0 spiro atoms. The number of hydrogen-bond acceptors (Lipinski definition) is 2. The van der Waals surface area contributed by atoms with E-state index in [9.17, 15) is 0 Å². The van der Waals surface area contributed by atoms with Crippen LogP contribution in [0.25, 0.3) is 0 Å². The van der Waals surface area contributed by atoms with E-state index < -0.39 is 0 Å². The zero-order valence-electron chi connectivity index (χ0n) is 9.44. The minimum absolute atomic E-state index is 0.902. The molecule has 0 aromatic carbocycles. The van der Waals surface area contributed by atoms with Gasteiger partial charge in [0, 0.05) is 0 Å². The van der Waals surface area contributed by atoms with Crippen molar-refractivity contribution >= 4 is 11.8 Å². The first-order valence-corrected chi connectivity index (χ1v) is 6.75. The molecule has 0 saturated carbocycles. The monoisotopic (exact) mass is 203 g/mol. The van der Waals surface area contributed by atoms with Gasteiger partial charge in [-0.05, 0) is 43.4 Å². The molecular weight excluding hydrogens is 178 g/mol. The fourth-order valence-corrected chi connectivity index (χ4v) is 2.25. The third-order valence-corrected chi connectivity index (χ3v) is 3.62. The first kappa shape index (κ1) is 13.3. The maximum absolute atomic E-state index is 3.35. The summed E-state index contributed by atoms with van der Waals surface area (Å²) in [6.45, 7) is 9.08. The number of hydrogen-bond donors (Lipinski definition) is 1. The minimum atomic E-state index is 0.902. The Morgan fingerprint density at radius 3 is 2.62 bits per heavy atom. The number of rotatable bonds is 9. The predicted molar refractivity (Wildman–Crippen MR) is 64.6 cm³/mol. The molecular formula is C11H25NS. The molecule has 0 aromatic rings. The molecule has 2 heteroatoms. The normalized spacial score (nSPS) is 13.2. The van der Waals surface area contributed by atoms with E-state index >= 15 is 0 Å². The molecule has 0 radical (unpaired) electrons. The second-order valence-corrected chi connectivity index (χ2v) is 4.80. The summed E-state index contributed by atoms with van der Waals surface area (Å²) >= 11 is 2.12. The Labute approximate surface area is 88.1 Å². The maximum atomic E-state index is 3.35. The highest BCUT2D eigenvalue weighted by Crippen LogP contribution is 2.12. The van der Waals surface area contributed by atoms with Gasteiger partial charge in [-0.1, -0.05) is 27.2 Å². The van der Waals surface area contributed by atoms with Crippen molar-refractivity contribution in [3.8, 4) is 0 Å². The van der Waals surface area contributed by atoms with Gasteiger partial charge >= 0.3 is 0 Å². The van der Waals surface area contributed by atoms with E-state index in [0.717, 1.165) is 12.5 Å². The Hall–Kier alpha value is 0.310. The van der Waals surface area contributed by atoms with Gasteiger partial charge in [0.1, 0.15) is 0 Å². The number of unbranched alkanes of at least 4 members (excludes halogenated alkanes) is 1. The molecule has 0 aliphatic rings. The van der Waals surface area contributed by atoms with E-state index in [1.165, 1.54) is 37.3 Å². The van der Waals surface area contributed by atoms with Crippen molar-refractivity contribution in [1.29, 1.82) is 0 Å². The van der Waals surface area contributed by atoms with Gasteiger partial charge in [-0.15, -0.1) is 0 Å². The molecule has 1 N–H and O–H groups in total. The molecule has 0 heterocycles. The SMILES string of the molecule is CCNCCCCSCC(C)CC. The summed E-state index contributed by atoms with van der Waals surface area (Å²) in [5.74, 6) is 3.59. The van der Waals surface area contributed by atoms with Crippen molar-refractivity contribution in [1.82, 2.24) is 5.32 Å². The summed E-state index contributed by atoms with van der Waals surface area (Å²) in [6, 6.07) is 0. The van der Waals surface area contributed by atoms with Crippen LogP contribution in [0.1, 0.15) is 40.0 Å². The largest absolute Gasteiger partial charge is 0.317 e. The second-order valence-electron chi connectivity index (χ2n) is 3.65. The van der Waals surface area contributed by atoms with Crippen LogP contribution in [0.4, 0.5) is 0 Å². The van der Waals surface area contributed by atoms with Crippen molar-refractivity contribution in [2.45, 2.75) is 40.0 Å². The van der Waals surface area contributed by atoms with E-state index in [1.807, 2.05) is 0 Å². The van der Waals surface area contributed by atoms with E-state index in [1.54, 1.807) is 0 Å². The van der Waals surface area contributed by atoms with E-state index in [4.69, 9.17) is 0 Å². The van der Waals surface area contributed by atoms with Crippen LogP contribution in [0, 0.1) is 5.92 Å². The standard InChI is InChI=1S/C11H25NS/c1-4-11(3)10-13-9-7-6-8-12-5-2/h11-12H,4-10H2,1-3H3. The molecule has 1 nitrogen and oxygen atoms in total. The molecule has 0 aromatic heterocycles. The summed E-state index contributed by atoms with van der Waals surface area (Å²) in [6.07, 6.45) is 4.03. The second kappa shape index (κ2) is 10.4. The summed E-state index contributed by atoms with van der Waals surface area (Å²) in [4.78, 5) is 0. The van der Waals surface area contributed by atoms with Crippen molar-refractivity contribution in [3.05, 3.63) is 0 Å². The first-order chi connectivity index (χ1) is 6.31. The van der Waals surface area contributed by atoms with Gasteiger partial charge in [0.2, 0.25) is 0 Å². The average molecular weight is 203 g/mol. The third kappa shape index (κ3) is 10.2. The molecule has 1 unspecified atom stereocenters. The van der Waals surface area contributed by atoms with Gasteiger partial charge in [0.05, 0.1) is 0 Å². The quantitative estimate of drug-likeness (QED) is 0.578. The third-order valence-electron chi connectivity index (χ3n) is 2.24. The van der Waals surface area contributed by atoms with Gasteiger partial charge in [0.15, 0.2) is 0 Å². The summed E-state index contributed by atoms with van der Waals surface area (Å²) in [5, 5.41) is 3.35. The molecule has 0 aliphatic heterocycles. The molecule has 0 saturated heterocycles. The van der Waals surface area contributed by atoms with Crippen molar-refractivity contribution in [3.63, 3.8) is 0 Å². The first-order valence-electron chi connectivity index (χ1n) is 5.59. The van der Waals surface area contributed by atoms with Crippen molar-refractivity contribution < 1.29 is 0 Å². The van der Waals surface area contributed by atoms with Crippen LogP contribution in [0.2, 0.25) is 0 Å². The smallest absolute Gasteiger partial charge is 0.00419 e. The fourth-order valence-electron chi connectivity index (χ4n) is 1.03. The lowest BCUT2D eigenvalue weighted by Crippen LogP contribution is -2.13. The molecule has 0 fully saturated rings. The summed E-state index contributed by atoms with van der Waals surface area (Å²) < 4.78 is 0. The van der Waals surface area contributed by atoms with Crippen LogP contribution in [-0.4, -0.2) is 24.6 Å². The van der Waals surface area contributed by atoms with Gasteiger partial charge < -0.3 is 5.32 Å². The topological polar surface area (TPSA) is 12.0 Å². The Balaban J connectivity index is 2.91. The highest BCUT2D eigenvalue weighted by Gasteiger charge is 1.97. The summed E-state index contributed by atoms with van der Waals surface area (Å²) in [7, 11) is 0. The van der Waals surface area contributed by atoms with Gasteiger partial charge in [-0.2, -0.15) is 11.8 Å². The van der Waals surface area contributed by atoms with Crippen LogP contribution < -0.4 is 5.32 Å². The molecule has 0 rings (SSSR count). The number of thioether (sulfide) groups is 1. The lowest BCUT2D eigenvalue weighted by atomic mass is 10.2. The Bertz CT molecular complexity index is 96.1. The molecule has 1 atom stereocenters. The lowest BCUT2D eigenvalue weighted by molar-refractivity contribution is 0.635. The zero-order chi connectivity index (χ0) is 9.94. The van der Waals surface area contributed by atoms with E-state index in [2.05, 4.69) is 37.8 Å². The molecule has 80 valence electrons. The van der Waals surface area contributed by atoms with E-state index in [0.29, 0.717) is 0 Å². The Kier molecular flexibility index (Phi) is 10.6. The minimum Gasteiger partial charge on any atom is -0.317 e. The highest BCUT2D eigenvalue weighted by molar-refractivity contribution is 7.99. The average Bonchev–Trinajstić information content (AvgIpc) is 2.16. The molecule has 0 bridgehead atoms. The van der Waals surface area contributed by atoms with Crippen LogP contribution in [0.3, 0.4) is 0 Å². The van der Waals surface area contributed by atoms with Crippen molar-refractivity contribution in [2.24, 2.45) is 5.92 Å². The van der Waals surface area contributed by atoms with Crippen LogP contribution in [0.5, 0.6) is 0 Å². The predicted octanol–water partition coefficient (Wildman–Crippen LogP) is 3.16. The summed E-state index contributed by atoms with van der Waals surface area (Å²) in [5.41, 5.74) is 0. The lowest BCUT2D eigenvalue weighted by Gasteiger charge is -2.07. The van der Waals surface area contributed by atoms with Gasteiger partial charge in [0.25, 0.3) is 0 Å². The van der Waals surface area contributed by atoms with E-state index in [-0.39, 0.29) is 0 Å². The molecule has 0 aliphatic carbocycles. The van der Waals surface area contributed by atoms with Crippen LogP contribution in [0.15, 0.2) is 0 Å². The zero-order valence-corrected chi connectivity index (χ0v) is 10.3. The Morgan fingerprint density at radius 2 is 2.00 bits per heavy atom. The molecule has 0 amide bonds. The fraction of sp³-hybridized carbons (Fsp3) is 1.00. The maximum Gasteiger partial charge on any atom is -0.00419 e. The van der Waals surface area contributed by atoms with Crippen molar-refractivity contribution in [2.75, 3.05) is 24.6 Å². The highest BCUT2D eigenvalue weighted by atomic mass is 32.2. The molecule has 13 heavy (non-hydrogen) atoms.